The minimum atomic E-state index is -0.643. The molecule has 0 atom stereocenters. The molecule has 1 heterocycles. The van der Waals surface area contributed by atoms with Gasteiger partial charge in [0.2, 0.25) is 5.91 Å². The second-order valence-electron chi connectivity index (χ2n) is 4.90. The molecule has 0 aliphatic rings. The number of halogens is 1. The van der Waals surface area contributed by atoms with Crippen molar-refractivity contribution in [1.82, 2.24) is 9.78 Å². The van der Waals surface area contributed by atoms with Crippen molar-refractivity contribution in [2.75, 3.05) is 5.32 Å². The fourth-order valence-electron chi connectivity index (χ4n) is 1.95. The number of anilines is 1. The van der Waals surface area contributed by atoms with Crippen LogP contribution in [-0.4, -0.2) is 25.5 Å². The number of nitro benzene ring substituents is 1. The molecule has 2 aromatic rings. The molecule has 1 aromatic carbocycles. The highest BCUT2D eigenvalue weighted by atomic mass is 79.9. The lowest BCUT2D eigenvalue weighted by Gasteiger charge is -2.06. The molecule has 1 amide bonds. The summed E-state index contributed by atoms with van der Waals surface area (Å²) in [4.78, 5) is 32.4. The first-order valence-corrected chi connectivity index (χ1v) is 7.49. The smallest absolute Gasteiger partial charge is 0.358 e. The fourth-order valence-corrected chi connectivity index (χ4v) is 2.41. The lowest BCUT2D eigenvalue weighted by Crippen LogP contribution is -2.15. The van der Waals surface area contributed by atoms with Crippen molar-refractivity contribution in [3.8, 4) is 0 Å². The molecule has 0 fully saturated rings. The summed E-state index contributed by atoms with van der Waals surface area (Å²) in [6.07, 6.45) is 1.34. The predicted octanol–water partition coefficient (Wildman–Crippen LogP) is 2.80. The average Bonchev–Trinajstić information content (AvgIpc) is 2.88. The molecule has 24 heavy (non-hydrogen) atoms. The van der Waals surface area contributed by atoms with Gasteiger partial charge < -0.3 is 15.4 Å². The average molecular weight is 398 g/mol. The third-order valence-electron chi connectivity index (χ3n) is 3.06. The van der Waals surface area contributed by atoms with Gasteiger partial charge in [-0.3, -0.25) is 14.9 Å². The molecule has 0 radical (unpaired) electrons. The van der Waals surface area contributed by atoms with Crippen molar-refractivity contribution in [3.63, 3.8) is 0 Å². The van der Waals surface area contributed by atoms with Gasteiger partial charge in [0, 0.05) is 12.5 Å². The van der Waals surface area contributed by atoms with Crippen LogP contribution >= 0.6 is 15.9 Å². The maximum Gasteiger partial charge on any atom is 0.404 e. The number of hydrogen-bond acceptors (Lipinski definition) is 6. The van der Waals surface area contributed by atoms with Gasteiger partial charge in [0.05, 0.1) is 22.8 Å². The number of nitro groups is 2. The van der Waals surface area contributed by atoms with Gasteiger partial charge in [0.1, 0.15) is 10.2 Å². The highest BCUT2D eigenvalue weighted by Crippen LogP contribution is 2.25. The van der Waals surface area contributed by atoms with Crippen LogP contribution in [0.15, 0.2) is 28.9 Å². The SMILES string of the molecule is Cc1ccc(NC(=O)CCn2cc(Br)c([N+](=O)[O-])n2)c([N+](=O)[O-])c1. The summed E-state index contributed by atoms with van der Waals surface area (Å²) in [5.74, 6) is -0.805. The van der Waals surface area contributed by atoms with Crippen LogP contribution in [0.1, 0.15) is 12.0 Å². The van der Waals surface area contributed by atoms with E-state index in [1.807, 2.05) is 0 Å². The zero-order valence-electron chi connectivity index (χ0n) is 12.4. The van der Waals surface area contributed by atoms with Gasteiger partial charge >= 0.3 is 5.82 Å². The molecule has 0 unspecified atom stereocenters. The van der Waals surface area contributed by atoms with E-state index < -0.39 is 15.8 Å². The van der Waals surface area contributed by atoms with Gasteiger partial charge in [0.25, 0.3) is 5.69 Å². The van der Waals surface area contributed by atoms with Gasteiger partial charge in [-0.2, -0.15) is 4.68 Å². The number of benzene rings is 1. The van der Waals surface area contributed by atoms with E-state index in [1.165, 1.54) is 23.0 Å². The van der Waals surface area contributed by atoms with Crippen LogP contribution in [0.5, 0.6) is 0 Å². The maximum absolute atomic E-state index is 12.0. The van der Waals surface area contributed by atoms with E-state index in [2.05, 4.69) is 26.3 Å². The summed E-state index contributed by atoms with van der Waals surface area (Å²) >= 11 is 3.01. The second kappa shape index (κ2) is 7.17. The first kappa shape index (κ1) is 17.5. The summed E-state index contributed by atoms with van der Waals surface area (Å²) in [7, 11) is 0. The van der Waals surface area contributed by atoms with Crippen LogP contribution < -0.4 is 5.32 Å². The summed E-state index contributed by atoms with van der Waals surface area (Å²) in [5, 5.41) is 27.9. The predicted molar refractivity (Wildman–Crippen MR) is 87.7 cm³/mol. The minimum Gasteiger partial charge on any atom is -0.358 e. The Bertz CT molecular complexity index is 819. The van der Waals surface area contributed by atoms with Crippen molar-refractivity contribution in [1.29, 1.82) is 0 Å². The normalized spacial score (nSPS) is 10.4. The van der Waals surface area contributed by atoms with Crippen LogP contribution in [-0.2, 0) is 11.3 Å². The number of hydrogen-bond donors (Lipinski definition) is 1. The first-order chi connectivity index (χ1) is 11.3. The molecule has 0 bridgehead atoms. The van der Waals surface area contributed by atoms with E-state index in [9.17, 15) is 25.0 Å². The monoisotopic (exact) mass is 397 g/mol. The van der Waals surface area contributed by atoms with Gasteiger partial charge in [-0.15, -0.1) is 0 Å². The Morgan fingerprint density at radius 1 is 1.33 bits per heavy atom. The lowest BCUT2D eigenvalue weighted by atomic mass is 10.2. The van der Waals surface area contributed by atoms with Crippen LogP contribution in [0.4, 0.5) is 17.2 Å². The zero-order chi connectivity index (χ0) is 17.9. The lowest BCUT2D eigenvalue weighted by molar-refractivity contribution is -0.390. The molecule has 0 aliphatic carbocycles. The molecular formula is C13H12BrN5O5. The third-order valence-corrected chi connectivity index (χ3v) is 3.62. The van der Waals surface area contributed by atoms with E-state index in [-0.39, 0.29) is 34.6 Å². The standard InChI is InChI=1S/C13H12BrN5O5/c1-8-2-3-10(11(6-8)18(21)22)15-12(20)4-5-17-7-9(14)13(16-17)19(23)24/h2-3,6-7H,4-5H2,1H3,(H,15,20). The van der Waals surface area contributed by atoms with Gasteiger partial charge in [-0.1, -0.05) is 6.07 Å². The Balaban J connectivity index is 2.03. The molecule has 126 valence electrons. The Labute approximate surface area is 143 Å². The molecule has 0 aliphatic heterocycles. The Hall–Kier alpha value is -2.82. The van der Waals surface area contributed by atoms with E-state index >= 15 is 0 Å². The van der Waals surface area contributed by atoms with Crippen molar-refractivity contribution in [3.05, 3.63) is 54.7 Å². The van der Waals surface area contributed by atoms with Crippen LogP contribution in [0.2, 0.25) is 0 Å². The number of carbonyl (C=O) groups is 1. The highest BCUT2D eigenvalue weighted by molar-refractivity contribution is 9.10. The third kappa shape index (κ3) is 4.13. The number of aryl methyl sites for hydroxylation is 2. The van der Waals surface area contributed by atoms with Gasteiger partial charge in [-0.25, -0.2) is 0 Å². The highest BCUT2D eigenvalue weighted by Gasteiger charge is 2.20. The second-order valence-corrected chi connectivity index (χ2v) is 5.75. The molecule has 0 saturated carbocycles. The number of nitrogens with one attached hydrogen (secondary N) is 1. The summed E-state index contributed by atoms with van der Waals surface area (Å²) < 4.78 is 1.47. The number of rotatable bonds is 6. The van der Waals surface area contributed by atoms with E-state index in [1.54, 1.807) is 13.0 Å². The van der Waals surface area contributed by atoms with Crippen LogP contribution in [0.25, 0.3) is 0 Å². The van der Waals surface area contributed by atoms with Crippen molar-refractivity contribution in [2.45, 2.75) is 19.9 Å². The van der Waals surface area contributed by atoms with Gasteiger partial charge in [-0.05, 0) is 39.4 Å². The van der Waals surface area contributed by atoms with E-state index in [0.717, 1.165) is 0 Å². The molecule has 11 heteroatoms. The van der Waals surface area contributed by atoms with Crippen molar-refractivity contribution in [2.24, 2.45) is 0 Å². The van der Waals surface area contributed by atoms with Crippen LogP contribution in [0.3, 0.4) is 0 Å². The number of amides is 1. The topological polar surface area (TPSA) is 133 Å². The molecule has 2 rings (SSSR count). The fraction of sp³-hybridized carbons (Fsp3) is 0.231. The van der Waals surface area contributed by atoms with Crippen molar-refractivity contribution < 1.29 is 14.6 Å². The summed E-state index contributed by atoms with van der Waals surface area (Å²) in [5.41, 5.74) is 0.609. The quantitative estimate of drug-likeness (QED) is 0.588. The van der Waals surface area contributed by atoms with Gasteiger partial charge in [0.15, 0.2) is 0 Å². The van der Waals surface area contributed by atoms with E-state index in [0.29, 0.717) is 5.56 Å². The summed E-state index contributed by atoms with van der Waals surface area (Å²) in [6, 6.07) is 4.47. The molecular weight excluding hydrogens is 386 g/mol. The summed E-state index contributed by atoms with van der Waals surface area (Å²) in [6.45, 7) is 1.80. The molecule has 1 aromatic heterocycles. The first-order valence-electron chi connectivity index (χ1n) is 6.70. The number of nitrogens with zero attached hydrogens (tertiary/aromatic N) is 4. The zero-order valence-corrected chi connectivity index (χ0v) is 14.0. The Morgan fingerprint density at radius 2 is 2.04 bits per heavy atom. The van der Waals surface area contributed by atoms with E-state index in [4.69, 9.17) is 0 Å². The van der Waals surface area contributed by atoms with Crippen molar-refractivity contribution >= 4 is 39.0 Å². The number of aromatic nitrogens is 2. The maximum atomic E-state index is 12.0. The Kier molecular flexibility index (Phi) is 5.24. The Morgan fingerprint density at radius 3 is 2.62 bits per heavy atom. The molecule has 0 spiro atoms. The molecule has 10 nitrogen and oxygen atoms in total. The minimum absolute atomic E-state index is 0.0453. The number of carbonyl (C=O) groups excluding carboxylic acids is 1. The molecule has 1 N–H and O–H groups in total. The van der Waals surface area contributed by atoms with Crippen LogP contribution in [0, 0.1) is 27.2 Å². The molecule has 0 saturated heterocycles. The largest absolute Gasteiger partial charge is 0.404 e.